The number of benzene rings is 8. The summed E-state index contributed by atoms with van der Waals surface area (Å²) in [5, 5.41) is 1.97. The molecule has 0 radical (unpaired) electrons. The maximum absolute atomic E-state index is 9.50. The molecule has 0 saturated carbocycles. The lowest BCUT2D eigenvalue weighted by atomic mass is 9.99. The Balaban J connectivity index is 1.09. The van der Waals surface area contributed by atoms with Gasteiger partial charge in [-0.15, -0.1) is 11.3 Å². The Labute approximate surface area is 327 Å². The third kappa shape index (κ3) is 5.09. The molecule has 0 aliphatic heterocycles. The average Bonchev–Trinajstić information content (AvgIpc) is 3.91. The molecule has 11 rings (SSSR count). The average molecular weight is 717 g/mol. The summed E-state index contributed by atoms with van der Waals surface area (Å²) in [4.78, 5) is 14.9. The topological polar surface area (TPSA) is 51.8 Å². The molecule has 11 aromatic rings. The highest BCUT2D eigenvalue weighted by Crippen LogP contribution is 2.42. The van der Waals surface area contributed by atoms with E-state index in [4.69, 9.17) is 30.3 Å². The lowest BCUT2D eigenvalue weighted by Gasteiger charge is -2.10. The van der Waals surface area contributed by atoms with Crippen LogP contribution in [0.1, 0.15) is 12.3 Å². The number of hydrogen-bond acceptors (Lipinski definition) is 5. The quantitative estimate of drug-likeness (QED) is 0.178. The van der Waals surface area contributed by atoms with Crippen LogP contribution in [0.3, 0.4) is 0 Å². The van der Waals surface area contributed by atoms with E-state index in [0.29, 0.717) is 28.6 Å². The number of hydrogen-bond donors (Lipinski definition) is 0. The van der Waals surface area contributed by atoms with Gasteiger partial charge < -0.3 is 4.42 Å². The molecule has 5 heteroatoms. The van der Waals surface area contributed by atoms with Crippen LogP contribution in [-0.4, -0.2) is 15.0 Å². The minimum atomic E-state index is -0.551. The van der Waals surface area contributed by atoms with Crippen LogP contribution in [-0.2, 0) is 0 Å². The van der Waals surface area contributed by atoms with Crippen molar-refractivity contribution in [2.75, 3.05) is 0 Å². The molecule has 0 bridgehead atoms. The first-order valence-electron chi connectivity index (χ1n) is 21.8. The fourth-order valence-corrected chi connectivity index (χ4v) is 8.21. The van der Waals surface area contributed by atoms with Crippen LogP contribution in [0.4, 0.5) is 0 Å². The Kier molecular flexibility index (Phi) is 5.22. The largest absolute Gasteiger partial charge is 0.455 e. The highest BCUT2D eigenvalue weighted by Gasteiger charge is 2.17. The fraction of sp³-hybridized carbons (Fsp3) is 0. The second kappa shape index (κ2) is 12.3. The standard InChI is InChI=1S/C49H29N3OS/c1-3-11-30(12-4-1)37-19-10-20-43-45(37)40-25-22-36(29-44(40)54-43)49-51-47(32-14-5-2-6-15-32)50-48(52-49)35-17-9-16-33(27-35)34-23-26-42-41(28-34)39-24-21-31-13-7-8-18-38(31)46(39)53-42/h1-29H/i7D,8D,13D,18D,21D,23D,24D,26D,28D. The maximum atomic E-state index is 9.50. The van der Waals surface area contributed by atoms with E-state index in [2.05, 4.69) is 42.5 Å². The summed E-state index contributed by atoms with van der Waals surface area (Å²) in [5.74, 6) is 1.24. The molecular formula is C49H29N3OS. The zero-order valence-electron chi connectivity index (χ0n) is 37.2. The van der Waals surface area contributed by atoms with Gasteiger partial charge in [0.15, 0.2) is 17.5 Å². The summed E-state index contributed by atoms with van der Waals surface area (Å²) >= 11 is 1.71. The summed E-state index contributed by atoms with van der Waals surface area (Å²) < 4.78 is 87.5. The first kappa shape index (κ1) is 22.9. The fourth-order valence-electron chi connectivity index (χ4n) is 7.04. The normalized spacial score (nSPS) is 14.0. The van der Waals surface area contributed by atoms with Crippen molar-refractivity contribution < 1.29 is 16.8 Å². The van der Waals surface area contributed by atoms with E-state index in [1.165, 1.54) is 10.1 Å². The van der Waals surface area contributed by atoms with E-state index in [1.807, 2.05) is 60.7 Å². The van der Waals surface area contributed by atoms with Gasteiger partial charge >= 0.3 is 0 Å². The predicted molar refractivity (Wildman–Crippen MR) is 225 cm³/mol. The van der Waals surface area contributed by atoms with Crippen molar-refractivity contribution in [3.63, 3.8) is 0 Å². The van der Waals surface area contributed by atoms with Crippen LogP contribution in [0.25, 0.3) is 109 Å². The molecule has 0 aliphatic carbocycles. The molecule has 0 saturated heterocycles. The minimum absolute atomic E-state index is 0.000505. The Hall–Kier alpha value is -6.95. The van der Waals surface area contributed by atoms with Gasteiger partial charge in [-0.25, -0.2) is 15.0 Å². The van der Waals surface area contributed by atoms with Crippen LogP contribution in [0, 0.1) is 0 Å². The summed E-state index contributed by atoms with van der Waals surface area (Å²) in [6, 6.07) is 35.8. The zero-order valence-corrected chi connectivity index (χ0v) is 29.0. The number of aromatic nitrogens is 3. The number of fused-ring (bicyclic) bond motifs is 8. The van der Waals surface area contributed by atoms with E-state index >= 15 is 0 Å². The Morgan fingerprint density at radius 2 is 1.17 bits per heavy atom. The number of rotatable bonds is 5. The molecule has 252 valence electrons. The van der Waals surface area contributed by atoms with Crippen molar-refractivity contribution in [3.8, 4) is 56.4 Å². The van der Waals surface area contributed by atoms with Gasteiger partial charge in [0, 0.05) is 53.0 Å². The molecule has 0 spiro atoms. The summed E-state index contributed by atoms with van der Waals surface area (Å²) in [7, 11) is 0. The lowest BCUT2D eigenvalue weighted by molar-refractivity contribution is 0.672. The van der Waals surface area contributed by atoms with E-state index in [1.54, 1.807) is 29.5 Å². The molecule has 0 atom stereocenters. The van der Waals surface area contributed by atoms with Crippen LogP contribution < -0.4 is 0 Å². The van der Waals surface area contributed by atoms with Crippen molar-refractivity contribution in [1.29, 1.82) is 0 Å². The molecule has 8 aromatic carbocycles. The van der Waals surface area contributed by atoms with Crippen LogP contribution in [0.2, 0.25) is 0 Å². The maximum Gasteiger partial charge on any atom is 0.164 e. The van der Waals surface area contributed by atoms with E-state index in [-0.39, 0.29) is 56.4 Å². The van der Waals surface area contributed by atoms with Gasteiger partial charge in [-0.05, 0) is 64.0 Å². The van der Waals surface area contributed by atoms with Gasteiger partial charge in [0.05, 0.1) is 12.3 Å². The van der Waals surface area contributed by atoms with Crippen molar-refractivity contribution in [2.45, 2.75) is 0 Å². The van der Waals surface area contributed by atoms with E-state index < -0.39 is 36.3 Å². The third-order valence-corrected chi connectivity index (χ3v) is 10.7. The smallest absolute Gasteiger partial charge is 0.164 e. The molecule has 0 unspecified atom stereocenters. The van der Waals surface area contributed by atoms with Gasteiger partial charge in [-0.1, -0.05) is 139 Å². The van der Waals surface area contributed by atoms with Crippen molar-refractivity contribution >= 4 is 64.2 Å². The molecule has 0 aliphatic rings. The molecule has 0 fully saturated rings. The SMILES string of the molecule is [2H]c1c(-c2cccc(-c3nc(-c4ccccc4)nc(-c4ccc5c(c4)sc4cccc(-c6ccccc6)c45)n3)c2)c([2H])c2c(oc3c4c([2H])c([2H])c([2H])c([2H])c4c([2H])c([2H])c32)c1[2H]. The molecule has 54 heavy (non-hydrogen) atoms. The van der Waals surface area contributed by atoms with Crippen molar-refractivity contribution in [2.24, 2.45) is 0 Å². The second-order valence-corrected chi connectivity index (χ2v) is 14.0. The van der Waals surface area contributed by atoms with Crippen LogP contribution in [0.5, 0.6) is 0 Å². The van der Waals surface area contributed by atoms with E-state index in [9.17, 15) is 1.37 Å². The molecule has 0 amide bonds. The van der Waals surface area contributed by atoms with Gasteiger partial charge in [-0.3, -0.25) is 0 Å². The second-order valence-electron chi connectivity index (χ2n) is 12.9. The zero-order chi connectivity index (χ0) is 43.4. The molecular weight excluding hydrogens is 679 g/mol. The van der Waals surface area contributed by atoms with Gasteiger partial charge in [0.1, 0.15) is 11.2 Å². The van der Waals surface area contributed by atoms with Crippen LogP contribution in [0.15, 0.2) is 180 Å². The minimum Gasteiger partial charge on any atom is -0.455 e. The monoisotopic (exact) mass is 716 g/mol. The summed E-state index contributed by atoms with van der Waals surface area (Å²) in [6.45, 7) is 0. The summed E-state index contributed by atoms with van der Waals surface area (Å²) in [6.07, 6.45) is 0. The first-order valence-corrected chi connectivity index (χ1v) is 18.1. The Morgan fingerprint density at radius 1 is 0.463 bits per heavy atom. The van der Waals surface area contributed by atoms with E-state index in [0.717, 1.165) is 32.3 Å². The molecule has 0 N–H and O–H groups in total. The first-order chi connectivity index (χ1) is 30.5. The van der Waals surface area contributed by atoms with Crippen molar-refractivity contribution in [1.82, 2.24) is 15.0 Å². The number of furan rings is 1. The van der Waals surface area contributed by atoms with Crippen LogP contribution >= 0.6 is 11.3 Å². The number of nitrogens with zero attached hydrogens (tertiary/aromatic N) is 3. The van der Waals surface area contributed by atoms with Gasteiger partial charge in [0.2, 0.25) is 0 Å². The predicted octanol–water partition coefficient (Wildman–Crippen LogP) is 13.6. The Bertz CT molecular complexity index is 3740. The van der Waals surface area contributed by atoms with Gasteiger partial charge in [0.25, 0.3) is 0 Å². The molecule has 4 nitrogen and oxygen atoms in total. The number of thiophene rings is 1. The van der Waals surface area contributed by atoms with Gasteiger partial charge in [-0.2, -0.15) is 0 Å². The highest BCUT2D eigenvalue weighted by atomic mass is 32.1. The molecule has 3 heterocycles. The highest BCUT2D eigenvalue weighted by molar-refractivity contribution is 7.26. The van der Waals surface area contributed by atoms with Crippen molar-refractivity contribution in [3.05, 3.63) is 176 Å². The Morgan fingerprint density at radius 3 is 2.00 bits per heavy atom. The lowest BCUT2D eigenvalue weighted by Crippen LogP contribution is -2.00. The molecule has 3 aromatic heterocycles. The third-order valence-electron chi connectivity index (χ3n) is 9.60. The summed E-state index contributed by atoms with van der Waals surface area (Å²) in [5.41, 5.74) is 4.58.